The van der Waals surface area contributed by atoms with Crippen molar-refractivity contribution in [2.24, 2.45) is 5.92 Å². The van der Waals surface area contributed by atoms with Crippen molar-refractivity contribution >= 4 is 16.9 Å². The Morgan fingerprint density at radius 2 is 2.33 bits per heavy atom. The fourth-order valence-electron chi connectivity index (χ4n) is 3.81. The molecule has 0 radical (unpaired) electrons. The Kier molecular flexibility index (Phi) is 3.97. The number of halogens is 1. The minimum Gasteiger partial charge on any atom is -0.364 e. The lowest BCUT2D eigenvalue weighted by molar-refractivity contribution is -0.135. The van der Waals surface area contributed by atoms with E-state index in [1.807, 2.05) is 4.90 Å². The first-order valence-corrected chi connectivity index (χ1v) is 8.30. The zero-order valence-electron chi connectivity index (χ0n) is 13.7. The van der Waals surface area contributed by atoms with E-state index >= 15 is 0 Å². The van der Waals surface area contributed by atoms with Crippen LogP contribution >= 0.6 is 0 Å². The molecule has 128 valence electrons. The first kappa shape index (κ1) is 15.5. The highest BCUT2D eigenvalue weighted by molar-refractivity contribution is 5.78. The Bertz CT molecular complexity index is 762. The first-order valence-electron chi connectivity index (χ1n) is 8.30. The monoisotopic (exact) mass is 332 g/mol. The van der Waals surface area contributed by atoms with Gasteiger partial charge in [-0.15, -0.1) is 0 Å². The molecule has 2 aliphatic heterocycles. The number of likely N-dealkylation sites (N-methyl/N-ethyl adjacent to an activating group) is 1. The molecule has 0 spiro atoms. The maximum Gasteiger partial charge on any atom is 0.248 e. The number of imidazole rings is 1. The smallest absolute Gasteiger partial charge is 0.248 e. The molecule has 1 aromatic heterocycles. The van der Waals surface area contributed by atoms with Gasteiger partial charge in [-0.05, 0) is 44.1 Å². The van der Waals surface area contributed by atoms with Gasteiger partial charge in [0, 0.05) is 19.1 Å². The van der Waals surface area contributed by atoms with Gasteiger partial charge in [0.2, 0.25) is 5.91 Å². The molecule has 1 N–H and O–H groups in total. The van der Waals surface area contributed by atoms with Crippen molar-refractivity contribution in [1.29, 1.82) is 0 Å². The number of hydrogen-bond donors (Lipinski definition) is 1. The van der Waals surface area contributed by atoms with Gasteiger partial charge in [-0.2, -0.15) is 0 Å². The normalized spacial score (nSPS) is 24.0. The second-order valence-electron chi connectivity index (χ2n) is 6.73. The molecule has 1 amide bonds. The van der Waals surface area contributed by atoms with Crippen LogP contribution in [0, 0.1) is 11.7 Å². The Hall–Kier alpha value is -1.99. The lowest BCUT2D eigenvalue weighted by atomic mass is 10.1. The minimum atomic E-state index is -0.307. The third-order valence-electron chi connectivity index (χ3n) is 5.14. The second-order valence-corrected chi connectivity index (χ2v) is 6.73. The van der Waals surface area contributed by atoms with E-state index in [1.165, 1.54) is 18.6 Å². The first-order chi connectivity index (χ1) is 11.6. The van der Waals surface area contributed by atoms with Gasteiger partial charge in [-0.1, -0.05) is 0 Å². The summed E-state index contributed by atoms with van der Waals surface area (Å²) in [5.41, 5.74) is 1.33. The van der Waals surface area contributed by atoms with Crippen molar-refractivity contribution in [1.82, 2.24) is 19.8 Å². The number of hydrogen-bond acceptors (Lipinski definition) is 4. The summed E-state index contributed by atoms with van der Waals surface area (Å²) in [6.45, 7) is 3.02. The van der Waals surface area contributed by atoms with Gasteiger partial charge in [0.15, 0.2) is 0 Å². The molecule has 0 unspecified atom stereocenters. The van der Waals surface area contributed by atoms with Crippen LogP contribution in [0.4, 0.5) is 4.39 Å². The van der Waals surface area contributed by atoms with E-state index in [2.05, 4.69) is 21.9 Å². The maximum atomic E-state index is 13.2. The van der Waals surface area contributed by atoms with Crippen molar-refractivity contribution < 1.29 is 13.9 Å². The number of amides is 1. The number of ether oxygens (including phenoxy) is 1. The van der Waals surface area contributed by atoms with E-state index in [-0.39, 0.29) is 24.9 Å². The summed E-state index contributed by atoms with van der Waals surface area (Å²) in [4.78, 5) is 23.9. The Balaban J connectivity index is 1.30. The van der Waals surface area contributed by atoms with Crippen LogP contribution in [0.2, 0.25) is 0 Å². The number of benzene rings is 1. The third kappa shape index (κ3) is 2.89. The number of likely N-dealkylation sites (tertiary alicyclic amines) is 2. The number of aromatic amines is 1. The molecule has 2 atom stereocenters. The molecule has 7 heteroatoms. The van der Waals surface area contributed by atoms with Crippen LogP contribution in [0.1, 0.15) is 12.2 Å². The molecule has 6 nitrogen and oxygen atoms in total. The quantitative estimate of drug-likeness (QED) is 0.919. The summed E-state index contributed by atoms with van der Waals surface area (Å²) >= 11 is 0. The zero-order chi connectivity index (χ0) is 16.7. The number of aromatic nitrogens is 2. The number of carbonyl (C=O) groups excluding carboxylic acids is 1. The second kappa shape index (κ2) is 6.14. The topological polar surface area (TPSA) is 61.5 Å². The van der Waals surface area contributed by atoms with Crippen LogP contribution in [-0.4, -0.2) is 65.0 Å². The highest BCUT2D eigenvalue weighted by Gasteiger charge is 2.40. The highest BCUT2D eigenvalue weighted by Crippen LogP contribution is 2.30. The summed E-state index contributed by atoms with van der Waals surface area (Å²) in [5, 5.41) is 0. The highest BCUT2D eigenvalue weighted by atomic mass is 19.1. The Morgan fingerprint density at radius 3 is 3.17 bits per heavy atom. The molecule has 2 fully saturated rings. The number of nitrogens with zero attached hydrogens (tertiary/aromatic N) is 3. The van der Waals surface area contributed by atoms with Gasteiger partial charge in [0.25, 0.3) is 0 Å². The molecule has 3 heterocycles. The number of carbonyl (C=O) groups is 1. The van der Waals surface area contributed by atoms with E-state index in [1.54, 1.807) is 6.07 Å². The van der Waals surface area contributed by atoms with Gasteiger partial charge in [0.1, 0.15) is 24.9 Å². The number of nitrogens with one attached hydrogen (secondary N) is 1. The average Bonchev–Trinajstić information content (AvgIpc) is 3.22. The lowest BCUT2D eigenvalue weighted by Gasteiger charge is -2.20. The van der Waals surface area contributed by atoms with Gasteiger partial charge >= 0.3 is 0 Å². The number of H-pyrrole nitrogens is 1. The van der Waals surface area contributed by atoms with E-state index in [9.17, 15) is 9.18 Å². The van der Waals surface area contributed by atoms with Crippen LogP contribution in [0.3, 0.4) is 0 Å². The molecule has 2 saturated heterocycles. The molecule has 4 rings (SSSR count). The lowest BCUT2D eigenvalue weighted by Crippen LogP contribution is -2.36. The van der Waals surface area contributed by atoms with Crippen molar-refractivity contribution in [3.63, 3.8) is 0 Å². The summed E-state index contributed by atoms with van der Waals surface area (Å²) in [6.07, 6.45) is 1.17. The third-order valence-corrected chi connectivity index (χ3v) is 5.14. The van der Waals surface area contributed by atoms with Crippen LogP contribution in [0.25, 0.3) is 11.0 Å². The van der Waals surface area contributed by atoms with Gasteiger partial charge < -0.3 is 19.5 Å². The molecule has 0 saturated carbocycles. The molecular weight excluding hydrogens is 311 g/mol. The summed E-state index contributed by atoms with van der Waals surface area (Å²) in [7, 11) is 2.12. The Morgan fingerprint density at radius 1 is 1.46 bits per heavy atom. The molecule has 2 aliphatic rings. The van der Waals surface area contributed by atoms with Crippen molar-refractivity contribution in [3.05, 3.63) is 29.8 Å². The molecule has 2 aromatic rings. The van der Waals surface area contributed by atoms with E-state index < -0.39 is 0 Å². The van der Waals surface area contributed by atoms with E-state index in [0.717, 1.165) is 19.6 Å². The number of fused-ring (bicyclic) bond motifs is 2. The molecule has 0 aliphatic carbocycles. The fourth-order valence-corrected chi connectivity index (χ4v) is 3.81. The van der Waals surface area contributed by atoms with E-state index in [4.69, 9.17) is 4.74 Å². The fraction of sp³-hybridized carbons (Fsp3) is 0.529. The molecule has 1 aromatic carbocycles. The average molecular weight is 332 g/mol. The van der Waals surface area contributed by atoms with Crippen LogP contribution in [0.15, 0.2) is 18.2 Å². The van der Waals surface area contributed by atoms with Crippen molar-refractivity contribution in [3.8, 4) is 0 Å². The predicted octanol–water partition coefficient (Wildman–Crippen LogP) is 1.38. The summed E-state index contributed by atoms with van der Waals surface area (Å²) in [6, 6.07) is 4.89. The van der Waals surface area contributed by atoms with Crippen LogP contribution < -0.4 is 0 Å². The molecule has 24 heavy (non-hydrogen) atoms. The minimum absolute atomic E-state index is 0.0277. The summed E-state index contributed by atoms with van der Waals surface area (Å²) in [5.74, 6) is 0.920. The standard InChI is InChI=1S/C17H21FN4O2/c1-21-5-4-11-7-22(8-15(11)21)17(23)10-24-9-16-19-13-3-2-12(18)6-14(13)20-16/h2-3,6,11,15H,4-5,7-10H2,1H3,(H,19,20)/t11-,15+/m0/s1. The summed E-state index contributed by atoms with van der Waals surface area (Å²) < 4.78 is 18.7. The SMILES string of the molecule is CN1CC[C@H]2CN(C(=O)COCc3nc4ccc(F)cc4[nH]3)C[C@H]21. The van der Waals surface area contributed by atoms with Gasteiger partial charge in [-0.3, -0.25) is 4.79 Å². The Labute approximate surface area is 139 Å². The van der Waals surface area contributed by atoms with E-state index in [0.29, 0.717) is 28.8 Å². The van der Waals surface area contributed by atoms with Crippen molar-refractivity contribution in [2.75, 3.05) is 33.3 Å². The predicted molar refractivity (Wildman–Crippen MR) is 86.8 cm³/mol. The zero-order valence-corrected chi connectivity index (χ0v) is 13.7. The van der Waals surface area contributed by atoms with Crippen LogP contribution in [0.5, 0.6) is 0 Å². The van der Waals surface area contributed by atoms with Gasteiger partial charge in [-0.25, -0.2) is 9.37 Å². The van der Waals surface area contributed by atoms with Crippen LogP contribution in [-0.2, 0) is 16.1 Å². The largest absolute Gasteiger partial charge is 0.364 e. The number of rotatable bonds is 4. The van der Waals surface area contributed by atoms with Crippen molar-refractivity contribution in [2.45, 2.75) is 19.1 Å². The molecule has 0 bridgehead atoms. The van der Waals surface area contributed by atoms with Gasteiger partial charge in [0.05, 0.1) is 11.0 Å². The molecular formula is C17H21FN4O2. The maximum absolute atomic E-state index is 13.2.